The number of hydrogen-bond donors (Lipinski definition) is 0. The Labute approximate surface area is 139 Å². The van der Waals surface area contributed by atoms with Crippen LogP contribution in [-0.2, 0) is 13.2 Å². The van der Waals surface area contributed by atoms with E-state index in [9.17, 15) is 26.7 Å². The van der Waals surface area contributed by atoms with Gasteiger partial charge in [0.1, 0.15) is 0 Å². The second kappa shape index (κ2) is 4.95. The Morgan fingerprint density at radius 2 is 1.76 bits per heavy atom. The summed E-state index contributed by atoms with van der Waals surface area (Å²) in [6.45, 7) is 0. The molecule has 1 heterocycles. The van der Waals surface area contributed by atoms with E-state index in [1.165, 1.54) is 29.9 Å². The van der Waals surface area contributed by atoms with Gasteiger partial charge in [0.25, 0.3) is 11.5 Å². The molecule has 3 nitrogen and oxygen atoms in total. The summed E-state index contributed by atoms with van der Waals surface area (Å²) in [4.78, 5) is 12.8. The highest BCUT2D eigenvalue weighted by Crippen LogP contribution is 2.58. The second-order valence-electron chi connectivity index (χ2n) is 6.75. The molecule has 2 fully saturated rings. The van der Waals surface area contributed by atoms with Crippen LogP contribution in [0.2, 0.25) is 0 Å². The Kier molecular flexibility index (Phi) is 3.24. The number of hydrogen-bond acceptors (Lipinski definition) is 1. The molecule has 0 amide bonds. The topological polar surface area (TPSA) is 26.9 Å². The average Bonchev–Trinajstić information content (AvgIpc) is 3.41. The molecule has 0 N–H and O–H groups in total. The van der Waals surface area contributed by atoms with Gasteiger partial charge in [-0.1, -0.05) is 12.1 Å². The zero-order valence-electron chi connectivity index (χ0n) is 13.3. The predicted molar refractivity (Wildman–Crippen MR) is 80.3 cm³/mol. The lowest BCUT2D eigenvalue weighted by molar-refractivity contribution is -0.137. The average molecular weight is 358 g/mol. The summed E-state index contributed by atoms with van der Waals surface area (Å²) in [6, 6.07) is 4.71. The minimum atomic E-state index is -4.65. The number of para-hydroxylation sites is 1. The lowest BCUT2D eigenvalue weighted by atomic mass is 10.1. The molecule has 2 aromatic rings. The molecule has 2 aliphatic carbocycles. The van der Waals surface area contributed by atoms with E-state index in [2.05, 4.69) is 0 Å². The smallest absolute Gasteiger partial charge is 0.284 e. The third-order valence-electron chi connectivity index (χ3n) is 4.93. The van der Waals surface area contributed by atoms with Gasteiger partial charge in [0.2, 0.25) is 0 Å². The molecule has 0 saturated heterocycles. The molecule has 8 heteroatoms. The van der Waals surface area contributed by atoms with Crippen molar-refractivity contribution in [3.05, 3.63) is 51.4 Å². The van der Waals surface area contributed by atoms with Gasteiger partial charge in [-0.15, -0.1) is 0 Å². The van der Waals surface area contributed by atoms with Crippen LogP contribution in [0.15, 0.2) is 29.1 Å². The highest BCUT2D eigenvalue weighted by molar-refractivity contribution is 5.45. The zero-order valence-corrected chi connectivity index (χ0v) is 13.3. The quantitative estimate of drug-likeness (QED) is 0.756. The van der Waals surface area contributed by atoms with E-state index in [4.69, 9.17) is 0 Å². The van der Waals surface area contributed by atoms with Crippen molar-refractivity contribution >= 4 is 0 Å². The van der Waals surface area contributed by atoms with Gasteiger partial charge >= 0.3 is 6.18 Å². The first-order chi connectivity index (χ1) is 11.6. The van der Waals surface area contributed by atoms with Crippen molar-refractivity contribution in [3.63, 3.8) is 0 Å². The lowest BCUT2D eigenvalue weighted by Crippen LogP contribution is -2.24. The molecule has 0 spiro atoms. The van der Waals surface area contributed by atoms with E-state index in [1.807, 2.05) is 0 Å². The highest BCUT2D eigenvalue weighted by atomic mass is 19.4. The van der Waals surface area contributed by atoms with Crippen LogP contribution in [0.4, 0.5) is 22.0 Å². The summed E-state index contributed by atoms with van der Waals surface area (Å²) >= 11 is 0. The first kappa shape index (κ1) is 16.4. The summed E-state index contributed by atoms with van der Waals surface area (Å²) in [7, 11) is 1.38. The van der Waals surface area contributed by atoms with E-state index < -0.39 is 29.1 Å². The summed E-state index contributed by atoms with van der Waals surface area (Å²) in [6.07, 6.45) is -3.62. The van der Waals surface area contributed by atoms with Crippen LogP contribution in [0.25, 0.3) is 5.69 Å². The number of alkyl halides is 5. The molecule has 0 aliphatic heterocycles. The van der Waals surface area contributed by atoms with Gasteiger partial charge in [0, 0.05) is 19.0 Å². The van der Waals surface area contributed by atoms with Crippen molar-refractivity contribution in [1.29, 1.82) is 0 Å². The molecule has 2 aliphatic rings. The van der Waals surface area contributed by atoms with E-state index in [0.29, 0.717) is 12.8 Å². The van der Waals surface area contributed by atoms with Crippen LogP contribution in [0.5, 0.6) is 0 Å². The lowest BCUT2D eigenvalue weighted by Gasteiger charge is -2.15. The normalized spacial score (nSPS) is 22.2. The maximum absolute atomic E-state index is 13.6. The fourth-order valence-electron chi connectivity index (χ4n) is 3.49. The Hall–Kier alpha value is -2.12. The molecule has 1 aromatic carbocycles. The van der Waals surface area contributed by atoms with Crippen LogP contribution < -0.4 is 5.56 Å². The zero-order chi connectivity index (χ0) is 18.1. The molecule has 4 rings (SSSR count). The Morgan fingerprint density at radius 3 is 2.28 bits per heavy atom. The summed E-state index contributed by atoms with van der Waals surface area (Å²) in [5, 5.41) is 0. The monoisotopic (exact) mass is 358 g/mol. The fourth-order valence-corrected chi connectivity index (χ4v) is 3.49. The van der Waals surface area contributed by atoms with Gasteiger partial charge in [0.05, 0.1) is 22.9 Å². The number of aromatic nitrogens is 2. The first-order valence-corrected chi connectivity index (χ1v) is 7.99. The van der Waals surface area contributed by atoms with Gasteiger partial charge in [-0.25, -0.2) is 13.5 Å². The van der Waals surface area contributed by atoms with Crippen molar-refractivity contribution in [2.75, 3.05) is 0 Å². The maximum atomic E-state index is 13.6. The third kappa shape index (κ3) is 2.49. The molecule has 25 heavy (non-hydrogen) atoms. The van der Waals surface area contributed by atoms with Crippen LogP contribution in [0.1, 0.15) is 47.9 Å². The van der Waals surface area contributed by atoms with Gasteiger partial charge < -0.3 is 0 Å². The summed E-state index contributed by atoms with van der Waals surface area (Å²) in [5.74, 6) is -4.13. The Bertz CT molecular complexity index is 905. The molecule has 1 unspecified atom stereocenters. The van der Waals surface area contributed by atoms with Gasteiger partial charge in [-0.3, -0.25) is 9.48 Å². The molecule has 0 bridgehead atoms. The van der Waals surface area contributed by atoms with Crippen molar-refractivity contribution < 1.29 is 22.0 Å². The largest absolute Gasteiger partial charge is 0.418 e. The number of benzene rings is 1. The van der Waals surface area contributed by atoms with E-state index in [0.717, 1.165) is 10.7 Å². The van der Waals surface area contributed by atoms with Crippen molar-refractivity contribution in [2.45, 2.75) is 43.2 Å². The summed E-state index contributed by atoms with van der Waals surface area (Å²) < 4.78 is 69.3. The SMILES string of the molecule is Cn1c(C2CC2(F)F)c(C2CC2)c(=O)n1-c1ccccc1C(F)(F)F. The molecule has 2 saturated carbocycles. The second-order valence-corrected chi connectivity index (χ2v) is 6.75. The summed E-state index contributed by atoms with van der Waals surface area (Å²) in [5.41, 5.74) is -1.50. The minimum Gasteiger partial charge on any atom is -0.284 e. The standard InChI is InChI=1S/C17H15F5N2O/c1-23-14(11-8-16(11,18)19)13(9-6-7-9)15(25)24(23)12-5-3-2-4-10(12)17(20,21)22/h2-5,9,11H,6-8H2,1H3. The number of nitrogens with zero attached hydrogens (tertiary/aromatic N) is 2. The van der Waals surface area contributed by atoms with Gasteiger partial charge in [-0.05, 0) is 30.9 Å². The predicted octanol–water partition coefficient (Wildman–Crippen LogP) is 4.19. The van der Waals surface area contributed by atoms with Crippen LogP contribution in [-0.4, -0.2) is 15.3 Å². The van der Waals surface area contributed by atoms with Crippen molar-refractivity contribution in [3.8, 4) is 5.69 Å². The van der Waals surface area contributed by atoms with Gasteiger partial charge in [-0.2, -0.15) is 13.2 Å². The molecular weight excluding hydrogens is 343 g/mol. The molecule has 1 aromatic heterocycles. The van der Waals surface area contributed by atoms with Crippen molar-refractivity contribution in [2.24, 2.45) is 7.05 Å². The minimum absolute atomic E-state index is 0.135. The van der Waals surface area contributed by atoms with E-state index in [1.54, 1.807) is 0 Å². The molecule has 0 radical (unpaired) electrons. The first-order valence-electron chi connectivity index (χ1n) is 7.99. The van der Waals surface area contributed by atoms with Crippen LogP contribution in [0, 0.1) is 0 Å². The maximum Gasteiger partial charge on any atom is 0.418 e. The molecule has 134 valence electrons. The van der Waals surface area contributed by atoms with E-state index in [-0.39, 0.29) is 29.3 Å². The van der Waals surface area contributed by atoms with Crippen LogP contribution in [0.3, 0.4) is 0 Å². The Balaban J connectivity index is 1.97. The van der Waals surface area contributed by atoms with Crippen molar-refractivity contribution in [1.82, 2.24) is 9.36 Å². The highest BCUT2D eigenvalue weighted by Gasteiger charge is 2.60. The van der Waals surface area contributed by atoms with E-state index >= 15 is 0 Å². The molecular formula is C17H15F5N2O. The van der Waals surface area contributed by atoms with Gasteiger partial charge in [0.15, 0.2) is 0 Å². The fraction of sp³-hybridized carbons (Fsp3) is 0.471. The molecule has 1 atom stereocenters. The Morgan fingerprint density at radius 1 is 1.16 bits per heavy atom. The number of halogens is 5. The number of rotatable bonds is 3. The third-order valence-corrected chi connectivity index (χ3v) is 4.93. The van der Waals surface area contributed by atoms with Crippen LogP contribution >= 0.6 is 0 Å².